The SMILES string of the molecule is CCC1CN(C)CCCN1S(=O)(=O)c1cnc2ccc(F)cc2c1. The van der Waals surface area contributed by atoms with Gasteiger partial charge in [-0.05, 0) is 50.7 Å². The fraction of sp³-hybridized carbons (Fsp3) is 0.471. The summed E-state index contributed by atoms with van der Waals surface area (Å²) in [6.07, 6.45) is 2.91. The van der Waals surface area contributed by atoms with Gasteiger partial charge in [-0.1, -0.05) is 6.92 Å². The third-order valence-electron chi connectivity index (χ3n) is 4.54. The van der Waals surface area contributed by atoms with E-state index >= 15 is 0 Å². The van der Waals surface area contributed by atoms with Crippen molar-refractivity contribution in [3.05, 3.63) is 36.3 Å². The van der Waals surface area contributed by atoms with Crippen LogP contribution in [0.25, 0.3) is 10.9 Å². The van der Waals surface area contributed by atoms with Crippen LogP contribution in [0.4, 0.5) is 4.39 Å². The molecule has 0 amide bonds. The lowest BCUT2D eigenvalue weighted by atomic mass is 10.2. The van der Waals surface area contributed by atoms with E-state index in [-0.39, 0.29) is 10.9 Å². The summed E-state index contributed by atoms with van der Waals surface area (Å²) in [6, 6.07) is 5.64. The van der Waals surface area contributed by atoms with Gasteiger partial charge in [0.15, 0.2) is 0 Å². The van der Waals surface area contributed by atoms with Gasteiger partial charge in [-0.15, -0.1) is 0 Å². The van der Waals surface area contributed by atoms with E-state index in [2.05, 4.69) is 9.88 Å². The zero-order valence-corrected chi connectivity index (χ0v) is 14.8. The molecule has 5 nitrogen and oxygen atoms in total. The molecule has 0 radical (unpaired) electrons. The van der Waals surface area contributed by atoms with E-state index in [9.17, 15) is 12.8 Å². The summed E-state index contributed by atoms with van der Waals surface area (Å²) in [4.78, 5) is 6.48. The smallest absolute Gasteiger partial charge is 0.244 e. The molecule has 3 rings (SSSR count). The molecule has 1 fully saturated rings. The molecule has 0 aliphatic carbocycles. The number of fused-ring (bicyclic) bond motifs is 1. The Morgan fingerprint density at radius 2 is 2.08 bits per heavy atom. The number of hydrogen-bond donors (Lipinski definition) is 0. The third kappa shape index (κ3) is 3.29. The molecule has 1 aliphatic rings. The topological polar surface area (TPSA) is 53.5 Å². The quantitative estimate of drug-likeness (QED) is 0.852. The third-order valence-corrected chi connectivity index (χ3v) is 6.46. The minimum atomic E-state index is -3.65. The van der Waals surface area contributed by atoms with Crippen molar-refractivity contribution in [3.8, 4) is 0 Å². The van der Waals surface area contributed by atoms with Gasteiger partial charge in [-0.2, -0.15) is 4.31 Å². The van der Waals surface area contributed by atoms with Crippen LogP contribution in [0, 0.1) is 5.82 Å². The first-order valence-corrected chi connectivity index (χ1v) is 9.61. The van der Waals surface area contributed by atoms with E-state index < -0.39 is 15.8 Å². The second-order valence-corrected chi connectivity index (χ2v) is 8.19. The number of sulfonamides is 1. The van der Waals surface area contributed by atoms with Gasteiger partial charge >= 0.3 is 0 Å². The maximum atomic E-state index is 13.4. The monoisotopic (exact) mass is 351 g/mol. The molecular weight excluding hydrogens is 329 g/mol. The van der Waals surface area contributed by atoms with Gasteiger partial charge < -0.3 is 4.90 Å². The molecule has 0 bridgehead atoms. The van der Waals surface area contributed by atoms with E-state index in [1.54, 1.807) is 10.4 Å². The van der Waals surface area contributed by atoms with Crippen LogP contribution in [0.3, 0.4) is 0 Å². The van der Waals surface area contributed by atoms with Gasteiger partial charge in [-0.3, -0.25) is 4.98 Å². The van der Waals surface area contributed by atoms with Crippen LogP contribution < -0.4 is 0 Å². The fourth-order valence-electron chi connectivity index (χ4n) is 3.23. The summed E-state index contributed by atoms with van der Waals surface area (Å²) in [5.74, 6) is -0.401. The standard InChI is InChI=1S/C17H22FN3O2S/c1-3-15-12-20(2)7-4-8-21(15)24(22,23)16-10-13-9-14(18)5-6-17(13)19-11-16/h5-6,9-11,15H,3-4,7-8,12H2,1-2H3. The van der Waals surface area contributed by atoms with Crippen molar-refractivity contribution in [3.63, 3.8) is 0 Å². The lowest BCUT2D eigenvalue weighted by Gasteiger charge is -2.29. The van der Waals surface area contributed by atoms with Gasteiger partial charge in [0.2, 0.25) is 10.0 Å². The van der Waals surface area contributed by atoms with Gasteiger partial charge in [-0.25, -0.2) is 12.8 Å². The van der Waals surface area contributed by atoms with Crippen molar-refractivity contribution in [2.24, 2.45) is 0 Å². The molecule has 0 saturated carbocycles. The van der Waals surface area contributed by atoms with Crippen molar-refractivity contribution >= 4 is 20.9 Å². The van der Waals surface area contributed by atoms with E-state index in [0.29, 0.717) is 24.0 Å². The van der Waals surface area contributed by atoms with Crippen LogP contribution in [0.2, 0.25) is 0 Å². The van der Waals surface area contributed by atoms with E-state index in [4.69, 9.17) is 0 Å². The zero-order chi connectivity index (χ0) is 17.3. The molecule has 1 aromatic heterocycles. The largest absolute Gasteiger partial charge is 0.305 e. The van der Waals surface area contributed by atoms with Gasteiger partial charge in [0.05, 0.1) is 5.52 Å². The molecule has 1 aromatic carbocycles. The Labute approximate surface area is 142 Å². The second-order valence-electron chi connectivity index (χ2n) is 6.30. The number of aromatic nitrogens is 1. The molecule has 0 N–H and O–H groups in total. The van der Waals surface area contributed by atoms with Crippen molar-refractivity contribution in [1.29, 1.82) is 0 Å². The van der Waals surface area contributed by atoms with E-state index in [1.807, 2.05) is 14.0 Å². The van der Waals surface area contributed by atoms with Crippen molar-refractivity contribution in [2.75, 3.05) is 26.7 Å². The maximum Gasteiger partial charge on any atom is 0.244 e. The highest BCUT2D eigenvalue weighted by molar-refractivity contribution is 7.89. The van der Waals surface area contributed by atoms with Crippen LogP contribution >= 0.6 is 0 Å². The maximum absolute atomic E-state index is 13.4. The molecule has 1 saturated heterocycles. The van der Waals surface area contributed by atoms with Crippen LogP contribution in [0.15, 0.2) is 35.4 Å². The summed E-state index contributed by atoms with van der Waals surface area (Å²) in [5, 5.41) is 0.496. The number of benzene rings is 1. The number of rotatable bonds is 3. The van der Waals surface area contributed by atoms with E-state index in [1.165, 1.54) is 24.4 Å². The summed E-state index contributed by atoms with van der Waals surface area (Å²) in [7, 11) is -1.64. The Bertz CT molecular complexity index is 841. The Balaban J connectivity index is 2.02. The highest BCUT2D eigenvalue weighted by Crippen LogP contribution is 2.25. The molecule has 130 valence electrons. The Kier molecular flexibility index (Phi) is 4.85. The average Bonchev–Trinajstić information content (AvgIpc) is 2.75. The molecule has 1 aliphatic heterocycles. The first-order chi connectivity index (χ1) is 11.4. The lowest BCUT2D eigenvalue weighted by Crippen LogP contribution is -2.43. The summed E-state index contributed by atoms with van der Waals surface area (Å²) >= 11 is 0. The highest BCUT2D eigenvalue weighted by Gasteiger charge is 2.33. The average molecular weight is 351 g/mol. The minimum Gasteiger partial charge on any atom is -0.305 e. The molecule has 7 heteroatoms. The molecule has 24 heavy (non-hydrogen) atoms. The number of nitrogens with zero attached hydrogens (tertiary/aromatic N) is 3. The predicted octanol–water partition coefficient (Wildman–Crippen LogP) is 2.48. The number of likely N-dealkylation sites (N-methyl/N-ethyl adjacent to an activating group) is 1. The Morgan fingerprint density at radius 3 is 2.83 bits per heavy atom. The normalized spacial score (nSPS) is 21.0. The second kappa shape index (κ2) is 6.74. The van der Waals surface area contributed by atoms with Gasteiger partial charge in [0.1, 0.15) is 10.7 Å². The van der Waals surface area contributed by atoms with E-state index in [0.717, 1.165) is 19.4 Å². The number of halogens is 1. The van der Waals surface area contributed by atoms with Crippen LogP contribution in [-0.2, 0) is 10.0 Å². The predicted molar refractivity (Wildman–Crippen MR) is 91.8 cm³/mol. The number of pyridine rings is 1. The Hall–Kier alpha value is -1.57. The molecule has 2 aromatic rings. The highest BCUT2D eigenvalue weighted by atomic mass is 32.2. The summed E-state index contributed by atoms with van der Waals surface area (Å²) in [6.45, 7) is 4.09. The fourth-order valence-corrected chi connectivity index (χ4v) is 4.94. The first kappa shape index (κ1) is 17.3. The van der Waals surface area contributed by atoms with Crippen LogP contribution in [-0.4, -0.2) is 55.3 Å². The molecule has 2 heterocycles. The Morgan fingerprint density at radius 1 is 1.29 bits per heavy atom. The van der Waals surface area contributed by atoms with Crippen LogP contribution in [0.5, 0.6) is 0 Å². The molecule has 1 unspecified atom stereocenters. The molecule has 1 atom stereocenters. The number of hydrogen-bond acceptors (Lipinski definition) is 4. The molecular formula is C17H22FN3O2S. The van der Waals surface area contributed by atoms with Crippen molar-refractivity contribution in [2.45, 2.75) is 30.7 Å². The summed E-state index contributed by atoms with van der Waals surface area (Å²) < 4.78 is 41.3. The van der Waals surface area contributed by atoms with Gasteiger partial charge in [0, 0.05) is 30.7 Å². The minimum absolute atomic E-state index is 0.0642. The van der Waals surface area contributed by atoms with Crippen molar-refractivity contribution < 1.29 is 12.8 Å². The summed E-state index contributed by atoms with van der Waals surface area (Å²) in [5.41, 5.74) is 0.581. The lowest BCUT2D eigenvalue weighted by molar-refractivity contribution is 0.270. The first-order valence-electron chi connectivity index (χ1n) is 8.17. The van der Waals surface area contributed by atoms with Crippen LogP contribution in [0.1, 0.15) is 19.8 Å². The molecule has 0 spiro atoms. The zero-order valence-electron chi connectivity index (χ0n) is 13.9. The van der Waals surface area contributed by atoms with Gasteiger partial charge in [0.25, 0.3) is 0 Å². The van der Waals surface area contributed by atoms with Crippen molar-refractivity contribution in [1.82, 2.24) is 14.2 Å².